The average molecular weight is 387 g/mol. The lowest BCUT2D eigenvalue weighted by Gasteiger charge is -2.34. The number of rotatable bonds is 4. The zero-order valence-corrected chi connectivity index (χ0v) is 15.9. The molecule has 0 saturated carbocycles. The van der Waals surface area contributed by atoms with E-state index in [1.54, 1.807) is 17.0 Å². The predicted molar refractivity (Wildman–Crippen MR) is 100 cm³/mol. The quantitative estimate of drug-likeness (QED) is 0.809. The fourth-order valence-corrected chi connectivity index (χ4v) is 3.44. The summed E-state index contributed by atoms with van der Waals surface area (Å²) in [5, 5.41) is 0. The monoisotopic (exact) mass is 387 g/mol. The molecular weight excluding hydrogens is 364 g/mol. The summed E-state index contributed by atoms with van der Waals surface area (Å²) in [6, 6.07) is 7.16. The number of nitrogens with zero attached hydrogens (tertiary/aromatic N) is 3. The number of benzene rings is 1. The minimum absolute atomic E-state index is 0.0445. The molecule has 0 spiro atoms. The van der Waals surface area contributed by atoms with Crippen molar-refractivity contribution in [3.63, 3.8) is 0 Å². The van der Waals surface area contributed by atoms with E-state index in [4.69, 9.17) is 0 Å². The molecule has 1 aromatic carbocycles. The van der Waals surface area contributed by atoms with Gasteiger partial charge in [0.2, 0.25) is 5.91 Å². The molecule has 0 aliphatic carbocycles. The summed E-state index contributed by atoms with van der Waals surface area (Å²) in [4.78, 5) is 32.6. The number of amides is 2. The first-order chi connectivity index (χ1) is 13.4. The zero-order valence-electron chi connectivity index (χ0n) is 15.9. The van der Waals surface area contributed by atoms with Crippen LogP contribution in [0.25, 0.3) is 0 Å². The molecule has 1 fully saturated rings. The fraction of sp³-hybridized carbons (Fsp3) is 0.381. The van der Waals surface area contributed by atoms with Crippen molar-refractivity contribution in [1.29, 1.82) is 0 Å². The maximum Gasteiger partial charge on any atom is 0.257 e. The molecule has 0 unspecified atom stereocenters. The standard InChI is InChI=1S/C21H23F2N3O2/c1-14(2)19-13-25(21(28)17-7-9-24-11-18(17)23)10-8-20(27)26(19)12-15-3-5-16(22)6-4-15/h3-7,9,11,14,19H,8,10,12-13H2,1-2H3/t19-/m0/s1. The third-order valence-corrected chi connectivity index (χ3v) is 5.05. The molecule has 2 aromatic rings. The summed E-state index contributed by atoms with van der Waals surface area (Å²) >= 11 is 0. The van der Waals surface area contributed by atoms with Crippen molar-refractivity contribution in [2.45, 2.75) is 32.9 Å². The van der Waals surface area contributed by atoms with Crippen molar-refractivity contribution in [1.82, 2.24) is 14.8 Å². The maximum atomic E-state index is 14.0. The summed E-state index contributed by atoms with van der Waals surface area (Å²) < 4.78 is 27.2. The van der Waals surface area contributed by atoms with E-state index in [1.165, 1.54) is 29.3 Å². The van der Waals surface area contributed by atoms with Crippen LogP contribution in [0.15, 0.2) is 42.7 Å². The largest absolute Gasteiger partial charge is 0.336 e. The highest BCUT2D eigenvalue weighted by molar-refractivity contribution is 5.95. The number of hydrogen-bond donors (Lipinski definition) is 0. The molecule has 2 heterocycles. The van der Waals surface area contributed by atoms with Gasteiger partial charge in [0.15, 0.2) is 5.82 Å². The van der Waals surface area contributed by atoms with Crippen LogP contribution >= 0.6 is 0 Å². The average Bonchev–Trinajstić information content (AvgIpc) is 2.83. The number of pyridine rings is 1. The second kappa shape index (κ2) is 8.46. The number of carbonyl (C=O) groups is 2. The van der Waals surface area contributed by atoms with Crippen LogP contribution < -0.4 is 0 Å². The topological polar surface area (TPSA) is 53.5 Å². The van der Waals surface area contributed by atoms with Crippen LogP contribution in [-0.4, -0.2) is 45.7 Å². The highest BCUT2D eigenvalue weighted by Crippen LogP contribution is 2.22. The second-order valence-electron chi connectivity index (χ2n) is 7.32. The molecule has 1 aliphatic heterocycles. The molecule has 2 amide bonds. The lowest BCUT2D eigenvalue weighted by molar-refractivity contribution is -0.134. The van der Waals surface area contributed by atoms with Crippen molar-refractivity contribution in [2.75, 3.05) is 13.1 Å². The van der Waals surface area contributed by atoms with E-state index >= 15 is 0 Å². The molecule has 1 atom stereocenters. The van der Waals surface area contributed by atoms with Gasteiger partial charge < -0.3 is 9.80 Å². The first kappa shape index (κ1) is 19.9. The molecule has 5 nitrogen and oxygen atoms in total. The summed E-state index contributed by atoms with van der Waals surface area (Å²) in [5.41, 5.74) is 0.775. The zero-order chi connectivity index (χ0) is 20.3. The molecule has 0 bridgehead atoms. The van der Waals surface area contributed by atoms with E-state index in [1.807, 2.05) is 13.8 Å². The Bertz CT molecular complexity index is 855. The van der Waals surface area contributed by atoms with E-state index in [-0.39, 0.29) is 42.2 Å². The van der Waals surface area contributed by atoms with Crippen LogP contribution in [0, 0.1) is 17.6 Å². The van der Waals surface area contributed by atoms with Crippen LogP contribution in [-0.2, 0) is 11.3 Å². The first-order valence-electron chi connectivity index (χ1n) is 9.29. The minimum Gasteiger partial charge on any atom is -0.336 e. The van der Waals surface area contributed by atoms with E-state index in [9.17, 15) is 18.4 Å². The molecule has 3 rings (SSSR count). The van der Waals surface area contributed by atoms with E-state index in [0.29, 0.717) is 13.1 Å². The van der Waals surface area contributed by atoms with Crippen LogP contribution in [0.3, 0.4) is 0 Å². The van der Waals surface area contributed by atoms with Gasteiger partial charge in [-0.3, -0.25) is 14.6 Å². The highest BCUT2D eigenvalue weighted by atomic mass is 19.1. The SMILES string of the molecule is CC(C)[C@@H]1CN(C(=O)c2ccncc2F)CCC(=O)N1Cc1ccc(F)cc1. The van der Waals surface area contributed by atoms with E-state index in [0.717, 1.165) is 11.8 Å². The van der Waals surface area contributed by atoms with Gasteiger partial charge in [-0.2, -0.15) is 0 Å². The van der Waals surface area contributed by atoms with Crippen LogP contribution in [0.1, 0.15) is 36.2 Å². The van der Waals surface area contributed by atoms with Gasteiger partial charge in [-0.25, -0.2) is 8.78 Å². The Kier molecular flexibility index (Phi) is 6.02. The molecule has 28 heavy (non-hydrogen) atoms. The summed E-state index contributed by atoms with van der Waals surface area (Å²) in [6.07, 6.45) is 2.54. The van der Waals surface area contributed by atoms with Gasteiger partial charge in [0.05, 0.1) is 17.8 Å². The van der Waals surface area contributed by atoms with E-state index < -0.39 is 11.7 Å². The van der Waals surface area contributed by atoms with Gasteiger partial charge in [0.1, 0.15) is 5.82 Å². The normalized spacial score (nSPS) is 17.8. The van der Waals surface area contributed by atoms with Gasteiger partial charge in [0, 0.05) is 32.3 Å². The Balaban J connectivity index is 1.84. The van der Waals surface area contributed by atoms with Crippen molar-refractivity contribution < 1.29 is 18.4 Å². The minimum atomic E-state index is -0.674. The fourth-order valence-electron chi connectivity index (χ4n) is 3.44. The molecule has 0 radical (unpaired) electrons. The number of aromatic nitrogens is 1. The molecule has 1 saturated heterocycles. The Morgan fingerprint density at radius 2 is 1.93 bits per heavy atom. The molecule has 1 aliphatic rings. The smallest absolute Gasteiger partial charge is 0.257 e. The van der Waals surface area contributed by atoms with Gasteiger partial charge in [-0.1, -0.05) is 26.0 Å². The van der Waals surface area contributed by atoms with Crippen molar-refractivity contribution in [3.05, 3.63) is 65.5 Å². The van der Waals surface area contributed by atoms with Crippen molar-refractivity contribution in [3.8, 4) is 0 Å². The molecule has 1 aromatic heterocycles. The Morgan fingerprint density at radius 3 is 2.57 bits per heavy atom. The number of hydrogen-bond acceptors (Lipinski definition) is 3. The summed E-state index contributed by atoms with van der Waals surface area (Å²) in [7, 11) is 0. The Morgan fingerprint density at radius 1 is 1.21 bits per heavy atom. The second-order valence-corrected chi connectivity index (χ2v) is 7.32. The number of halogens is 2. The van der Waals surface area contributed by atoms with Crippen molar-refractivity contribution in [2.24, 2.45) is 5.92 Å². The maximum absolute atomic E-state index is 14.0. The Hall–Kier alpha value is -2.83. The van der Waals surface area contributed by atoms with Gasteiger partial charge in [-0.05, 0) is 29.7 Å². The third kappa shape index (κ3) is 4.35. The highest BCUT2D eigenvalue weighted by Gasteiger charge is 2.34. The summed E-state index contributed by atoms with van der Waals surface area (Å²) in [5.74, 6) is -1.44. The number of carbonyl (C=O) groups excluding carboxylic acids is 2. The molecule has 148 valence electrons. The van der Waals surface area contributed by atoms with Gasteiger partial charge in [-0.15, -0.1) is 0 Å². The van der Waals surface area contributed by atoms with Crippen LogP contribution in [0.2, 0.25) is 0 Å². The Labute approximate surface area is 163 Å². The predicted octanol–water partition coefficient (Wildman–Crippen LogP) is 3.26. The van der Waals surface area contributed by atoms with Crippen LogP contribution in [0.4, 0.5) is 8.78 Å². The molecule has 7 heteroatoms. The van der Waals surface area contributed by atoms with Gasteiger partial charge >= 0.3 is 0 Å². The van der Waals surface area contributed by atoms with Gasteiger partial charge in [0.25, 0.3) is 5.91 Å². The summed E-state index contributed by atoms with van der Waals surface area (Å²) in [6.45, 7) is 4.84. The molecular formula is C21H23F2N3O2. The van der Waals surface area contributed by atoms with E-state index in [2.05, 4.69) is 4.98 Å². The molecule has 0 N–H and O–H groups in total. The lowest BCUT2D eigenvalue weighted by atomic mass is 10.0. The van der Waals surface area contributed by atoms with Crippen LogP contribution in [0.5, 0.6) is 0 Å². The third-order valence-electron chi connectivity index (χ3n) is 5.05. The van der Waals surface area contributed by atoms with Crippen molar-refractivity contribution >= 4 is 11.8 Å². The first-order valence-corrected chi connectivity index (χ1v) is 9.29. The lowest BCUT2D eigenvalue weighted by Crippen LogP contribution is -2.47.